The molecule has 6 heteroatoms. The van der Waals surface area contributed by atoms with Gasteiger partial charge in [0.25, 0.3) is 5.69 Å². The smallest absolute Gasteiger partial charge is 0.258 e. The van der Waals surface area contributed by atoms with E-state index in [0.29, 0.717) is 15.9 Å². The third kappa shape index (κ3) is 3.19. The van der Waals surface area contributed by atoms with Gasteiger partial charge in [0, 0.05) is 11.4 Å². The highest BCUT2D eigenvalue weighted by Crippen LogP contribution is 2.31. The summed E-state index contributed by atoms with van der Waals surface area (Å²) in [5, 5.41) is 11.8. The largest absolute Gasteiger partial charge is 0.278 e. The first-order chi connectivity index (χ1) is 7.06. The summed E-state index contributed by atoms with van der Waals surface area (Å²) in [4.78, 5) is 10.2. The molecule has 0 amide bonds. The highest BCUT2D eigenvalue weighted by atomic mass is 79.9. The van der Waals surface area contributed by atoms with Crippen LogP contribution >= 0.6 is 39.1 Å². The molecule has 80 valence electrons. The lowest BCUT2D eigenvalue weighted by Crippen LogP contribution is -1.91. The van der Waals surface area contributed by atoms with Crippen molar-refractivity contribution in [2.75, 3.05) is 5.33 Å². The van der Waals surface area contributed by atoms with Gasteiger partial charge in [-0.1, -0.05) is 51.3 Å². The predicted octanol–water partition coefficient (Wildman–Crippen LogP) is 4.31. The van der Waals surface area contributed by atoms with Gasteiger partial charge in [-0.05, 0) is 6.07 Å². The third-order valence-electron chi connectivity index (χ3n) is 1.65. The van der Waals surface area contributed by atoms with Gasteiger partial charge in [-0.25, -0.2) is 0 Å². The fourth-order valence-electron chi connectivity index (χ4n) is 1.01. The first-order valence-electron chi connectivity index (χ1n) is 3.92. The summed E-state index contributed by atoms with van der Waals surface area (Å²) in [5.74, 6) is 0. The SMILES string of the molecule is O=[N+]([O-])c1cc(Cl)c(Cl)cc1C=CCBr. The van der Waals surface area contributed by atoms with Crippen molar-refractivity contribution in [2.24, 2.45) is 0 Å². The highest BCUT2D eigenvalue weighted by molar-refractivity contribution is 9.09. The van der Waals surface area contributed by atoms with E-state index in [1.54, 1.807) is 12.2 Å². The Kier molecular flexibility index (Phi) is 4.57. The zero-order valence-corrected chi connectivity index (χ0v) is 10.5. The highest BCUT2D eigenvalue weighted by Gasteiger charge is 2.14. The van der Waals surface area contributed by atoms with Crippen molar-refractivity contribution in [2.45, 2.75) is 0 Å². The molecule has 0 N–H and O–H groups in total. The van der Waals surface area contributed by atoms with Gasteiger partial charge in [0.2, 0.25) is 0 Å². The Hall–Kier alpha value is -0.580. The van der Waals surface area contributed by atoms with Crippen LogP contribution in [0, 0.1) is 10.1 Å². The second-order valence-corrected chi connectivity index (χ2v) is 4.10. The number of hydrogen-bond acceptors (Lipinski definition) is 2. The second-order valence-electron chi connectivity index (χ2n) is 2.64. The monoisotopic (exact) mass is 309 g/mol. The number of hydrogen-bond donors (Lipinski definition) is 0. The molecule has 0 unspecified atom stereocenters. The number of rotatable bonds is 3. The second kappa shape index (κ2) is 5.49. The average Bonchev–Trinajstić information content (AvgIpc) is 2.19. The molecule has 0 saturated carbocycles. The maximum Gasteiger partial charge on any atom is 0.278 e. The van der Waals surface area contributed by atoms with Crippen LogP contribution in [0.2, 0.25) is 10.0 Å². The van der Waals surface area contributed by atoms with Gasteiger partial charge in [-0.15, -0.1) is 0 Å². The van der Waals surface area contributed by atoms with Crippen LogP contribution in [0.3, 0.4) is 0 Å². The van der Waals surface area contributed by atoms with E-state index in [-0.39, 0.29) is 10.7 Å². The normalized spacial score (nSPS) is 10.9. The van der Waals surface area contributed by atoms with Crippen LogP contribution in [0.15, 0.2) is 18.2 Å². The Morgan fingerprint density at radius 1 is 1.40 bits per heavy atom. The number of halogens is 3. The molecule has 0 heterocycles. The van der Waals surface area contributed by atoms with E-state index in [4.69, 9.17) is 23.2 Å². The lowest BCUT2D eigenvalue weighted by atomic mass is 10.1. The fraction of sp³-hybridized carbons (Fsp3) is 0.111. The van der Waals surface area contributed by atoms with Crippen molar-refractivity contribution in [3.05, 3.63) is 43.9 Å². The topological polar surface area (TPSA) is 43.1 Å². The summed E-state index contributed by atoms with van der Waals surface area (Å²) in [5.41, 5.74) is 0.385. The number of nitro groups is 1. The van der Waals surface area contributed by atoms with Crippen molar-refractivity contribution in [1.29, 1.82) is 0 Å². The minimum absolute atomic E-state index is 0.0541. The van der Waals surface area contributed by atoms with Crippen LogP contribution in [0.5, 0.6) is 0 Å². The maximum atomic E-state index is 10.7. The number of alkyl halides is 1. The van der Waals surface area contributed by atoms with Gasteiger partial charge in [0.05, 0.1) is 20.5 Å². The molecule has 1 aromatic rings. The molecular weight excluding hydrogens is 305 g/mol. The summed E-state index contributed by atoms with van der Waals surface area (Å²) in [7, 11) is 0. The lowest BCUT2D eigenvalue weighted by molar-refractivity contribution is -0.385. The fourth-order valence-corrected chi connectivity index (χ4v) is 1.53. The van der Waals surface area contributed by atoms with Crippen LogP contribution in [-0.2, 0) is 0 Å². The summed E-state index contributed by atoms with van der Waals surface area (Å²) < 4.78 is 0. The Balaban J connectivity index is 3.28. The summed E-state index contributed by atoms with van der Waals surface area (Å²) in [6.07, 6.45) is 3.36. The maximum absolute atomic E-state index is 10.7. The van der Waals surface area contributed by atoms with Gasteiger partial charge in [0.1, 0.15) is 0 Å². The zero-order valence-electron chi connectivity index (χ0n) is 7.41. The van der Waals surface area contributed by atoms with Crippen LogP contribution < -0.4 is 0 Å². The van der Waals surface area contributed by atoms with E-state index in [1.165, 1.54) is 12.1 Å². The Labute approximate surface area is 105 Å². The van der Waals surface area contributed by atoms with E-state index in [0.717, 1.165) is 0 Å². The summed E-state index contributed by atoms with van der Waals surface area (Å²) >= 11 is 14.6. The Bertz CT molecular complexity index is 421. The van der Waals surface area contributed by atoms with Gasteiger partial charge < -0.3 is 0 Å². The summed E-state index contributed by atoms with van der Waals surface area (Å²) in [6, 6.07) is 2.72. The average molecular weight is 311 g/mol. The molecular formula is C9H6BrCl2NO2. The van der Waals surface area contributed by atoms with Crippen LogP contribution in [0.25, 0.3) is 6.08 Å². The third-order valence-corrected chi connectivity index (χ3v) is 2.75. The molecule has 1 aromatic carbocycles. The Morgan fingerprint density at radius 2 is 2.00 bits per heavy atom. The molecule has 15 heavy (non-hydrogen) atoms. The van der Waals surface area contributed by atoms with Gasteiger partial charge >= 0.3 is 0 Å². The van der Waals surface area contributed by atoms with Crippen molar-refractivity contribution in [1.82, 2.24) is 0 Å². The molecule has 0 atom stereocenters. The van der Waals surface area contributed by atoms with Gasteiger partial charge in [-0.2, -0.15) is 0 Å². The van der Waals surface area contributed by atoms with Crippen LogP contribution in [0.1, 0.15) is 5.56 Å². The van der Waals surface area contributed by atoms with E-state index in [1.807, 2.05) is 0 Å². The van der Waals surface area contributed by atoms with E-state index in [2.05, 4.69) is 15.9 Å². The minimum atomic E-state index is -0.490. The first-order valence-corrected chi connectivity index (χ1v) is 5.80. The molecule has 0 radical (unpaired) electrons. The molecule has 0 aromatic heterocycles. The number of allylic oxidation sites excluding steroid dienone is 1. The molecule has 1 rings (SSSR count). The predicted molar refractivity (Wildman–Crippen MR) is 65.9 cm³/mol. The van der Waals surface area contributed by atoms with E-state index < -0.39 is 4.92 Å². The van der Waals surface area contributed by atoms with Gasteiger partial charge in [0.15, 0.2) is 0 Å². The molecule has 0 aliphatic carbocycles. The first kappa shape index (κ1) is 12.5. The number of nitrogens with zero attached hydrogens (tertiary/aromatic N) is 1. The van der Waals surface area contributed by atoms with Crippen LogP contribution in [0.4, 0.5) is 5.69 Å². The van der Waals surface area contributed by atoms with Gasteiger partial charge in [-0.3, -0.25) is 10.1 Å². The molecule has 0 saturated heterocycles. The molecule has 3 nitrogen and oxygen atoms in total. The molecule has 0 aliphatic heterocycles. The van der Waals surface area contributed by atoms with Crippen molar-refractivity contribution in [3.63, 3.8) is 0 Å². The van der Waals surface area contributed by atoms with Crippen LogP contribution in [-0.4, -0.2) is 10.3 Å². The zero-order chi connectivity index (χ0) is 11.4. The van der Waals surface area contributed by atoms with Crippen molar-refractivity contribution < 1.29 is 4.92 Å². The number of nitro benzene ring substituents is 1. The molecule has 0 bridgehead atoms. The lowest BCUT2D eigenvalue weighted by Gasteiger charge is -2.00. The summed E-state index contributed by atoms with van der Waals surface area (Å²) in [6.45, 7) is 0. The van der Waals surface area contributed by atoms with E-state index >= 15 is 0 Å². The number of benzene rings is 1. The molecule has 0 aliphatic rings. The molecule has 0 fully saturated rings. The van der Waals surface area contributed by atoms with E-state index in [9.17, 15) is 10.1 Å². The minimum Gasteiger partial charge on any atom is -0.258 e. The Morgan fingerprint density at radius 3 is 2.53 bits per heavy atom. The standard InChI is InChI=1S/C9H6BrCl2NO2/c10-3-1-2-6-4-7(11)8(12)5-9(6)13(14)15/h1-2,4-5H,3H2. The van der Waals surface area contributed by atoms with Crippen molar-refractivity contribution in [3.8, 4) is 0 Å². The quantitative estimate of drug-likeness (QED) is 0.474. The molecule has 0 spiro atoms. The van der Waals surface area contributed by atoms with Crippen molar-refractivity contribution >= 4 is 50.9 Å².